The zero-order chi connectivity index (χ0) is 47.8. The molecule has 0 N–H and O–H groups in total. The van der Waals surface area contributed by atoms with Crippen molar-refractivity contribution in [3.8, 4) is 45.6 Å². The molecule has 0 aliphatic rings. The van der Waals surface area contributed by atoms with Gasteiger partial charge in [-0.05, 0) is 97.1 Å². The molecule has 0 bridgehead atoms. The third-order valence-electron chi connectivity index (χ3n) is 8.63. The average molecular weight is 1050 g/mol. The van der Waals surface area contributed by atoms with Gasteiger partial charge < -0.3 is 19.7 Å². The summed E-state index contributed by atoms with van der Waals surface area (Å²) in [5.41, 5.74) is 5.94. The van der Waals surface area contributed by atoms with Crippen molar-refractivity contribution >= 4 is 0 Å². The van der Waals surface area contributed by atoms with Crippen molar-refractivity contribution in [1.82, 2.24) is 39.9 Å². The predicted molar refractivity (Wildman–Crippen MR) is 205 cm³/mol. The van der Waals surface area contributed by atoms with Crippen molar-refractivity contribution in [3.63, 3.8) is 0 Å². The molecule has 0 fully saturated rings. The normalized spacial score (nSPS) is 11.1. The molecule has 0 atom stereocenters. The number of hydrogen-bond donors (Lipinski definition) is 0. The van der Waals surface area contributed by atoms with Crippen molar-refractivity contribution in [2.24, 2.45) is 0 Å². The number of aromatic nitrogens is 8. The van der Waals surface area contributed by atoms with Crippen molar-refractivity contribution in [2.75, 3.05) is 14.2 Å². The Hall–Kier alpha value is -5.66. The topological polar surface area (TPSA) is 352 Å². The Morgan fingerprint density at radius 2 is 0.515 bits per heavy atom. The fourth-order valence-electron chi connectivity index (χ4n) is 5.78. The third-order valence-corrected chi connectivity index (χ3v) is 8.63. The molecule has 24 heteroatoms. The van der Waals surface area contributed by atoms with Crippen LogP contribution in [0.5, 0.6) is 0 Å². The van der Waals surface area contributed by atoms with E-state index in [-0.39, 0.29) is 56.9 Å². The summed E-state index contributed by atoms with van der Waals surface area (Å²) in [5.74, 6) is -4.12. The minimum absolute atomic E-state index is 0. The van der Waals surface area contributed by atoms with Crippen LogP contribution in [0.2, 0.25) is 0 Å². The van der Waals surface area contributed by atoms with Gasteiger partial charge in [0.2, 0.25) is 0 Å². The average Bonchev–Trinajstić information content (AvgIpc) is 3.34. The van der Waals surface area contributed by atoms with E-state index < -0.39 is 32.1 Å². The number of rotatable bonds is 10. The zero-order valence-corrected chi connectivity index (χ0v) is 38.8. The molecule has 8 aromatic heterocycles. The van der Waals surface area contributed by atoms with Gasteiger partial charge in [0.05, 0.1) is 79.9 Å². The molecule has 0 aromatic carbocycles. The van der Waals surface area contributed by atoms with Crippen LogP contribution in [-0.2, 0) is 55.2 Å². The molecule has 8 aromatic rings. The van der Waals surface area contributed by atoms with E-state index in [0.29, 0.717) is 45.6 Å². The van der Waals surface area contributed by atoms with Crippen molar-refractivity contribution in [1.29, 1.82) is 0 Å². The van der Waals surface area contributed by atoms with Gasteiger partial charge in [0.15, 0.2) is 0 Å². The summed E-state index contributed by atoms with van der Waals surface area (Å²) >= 11 is 0. The van der Waals surface area contributed by atoms with E-state index in [4.69, 9.17) is 46.7 Å². The molecule has 68 heavy (non-hydrogen) atoms. The minimum atomic E-state index is -4.94. The molecular weight excluding hydrogens is 1020 g/mol. The van der Waals surface area contributed by atoms with Gasteiger partial charge in [0, 0.05) is 39.0 Å². The Bertz CT molecular complexity index is 2380. The summed E-state index contributed by atoms with van der Waals surface area (Å²) in [5, 5.41) is 27.3. The standard InChI is InChI=1S/2C22H17N4O2.2ClHO4.2Fe/c2*1-28-22(27,20-12-6-10-18(25-20)16-8-2-4-14-23-16)21-13-7-11-19(26-21)17-9-3-5-15-24-17;2*2-1(3,4)5;;/h2*2-15H,1H3;2*(H,2,3,4,5);;/q2*-1;;;2*+2/p-2. The van der Waals surface area contributed by atoms with Gasteiger partial charge in [0.25, 0.3) is 0 Å². The summed E-state index contributed by atoms with van der Waals surface area (Å²) in [6.07, 6.45) is 6.73. The van der Waals surface area contributed by atoms with Crippen LogP contribution in [0.25, 0.3) is 45.6 Å². The summed E-state index contributed by atoms with van der Waals surface area (Å²) in [6, 6.07) is 43.0. The van der Waals surface area contributed by atoms with Crippen molar-refractivity contribution < 1.29 is 112 Å². The number of ether oxygens (including phenoxy) is 2. The SMILES string of the molecule is COC([O-])(c1cccc(-c2ccccn2)n1)c1cccc(-c2ccccn2)n1.COC([O-])(c1cccc(-c2ccccn2)n1)c1cccc(-c2ccccn2)n1.[Fe+2].[Fe+2].[O-][Cl+3]([O-])([O-])[O-].[O-][Cl+3]([O-])([O-])[O-]. The smallest absolute Gasteiger partial charge is 0.819 e. The van der Waals surface area contributed by atoms with E-state index >= 15 is 0 Å². The van der Waals surface area contributed by atoms with Crippen molar-refractivity contribution in [2.45, 2.75) is 11.6 Å². The Kier molecular flexibility index (Phi) is 21.8. The molecule has 20 nitrogen and oxygen atoms in total. The van der Waals surface area contributed by atoms with Gasteiger partial charge >= 0.3 is 34.1 Å². The van der Waals surface area contributed by atoms with Crippen LogP contribution in [0.4, 0.5) is 0 Å². The van der Waals surface area contributed by atoms with E-state index in [1.807, 2.05) is 72.8 Å². The molecule has 0 aliphatic carbocycles. The molecule has 8 heterocycles. The summed E-state index contributed by atoms with van der Waals surface area (Å²) in [6.45, 7) is 0. The molecule has 8 rings (SSSR count). The van der Waals surface area contributed by atoms with E-state index in [2.05, 4.69) is 39.9 Å². The van der Waals surface area contributed by atoms with Crippen LogP contribution in [0, 0.1) is 20.5 Å². The number of halogens is 2. The molecule has 0 saturated heterocycles. The van der Waals surface area contributed by atoms with Gasteiger partial charge in [-0.25, -0.2) is 57.2 Å². The zero-order valence-electron chi connectivity index (χ0n) is 35.1. The van der Waals surface area contributed by atoms with Crippen LogP contribution in [0.15, 0.2) is 170 Å². The fourth-order valence-corrected chi connectivity index (χ4v) is 5.78. The molecular formula is C44H34Cl2Fe2N8O12. The van der Waals surface area contributed by atoms with Gasteiger partial charge in [-0.2, -0.15) is 0 Å². The largest absolute Gasteiger partial charge is 2.00 e. The quantitative estimate of drug-likeness (QED) is 0.0933. The first-order valence-corrected chi connectivity index (χ1v) is 21.2. The second kappa shape index (κ2) is 26.2. The molecule has 0 aliphatic heterocycles. The molecule has 0 unspecified atom stereocenters. The summed E-state index contributed by atoms with van der Waals surface area (Å²) in [4.78, 5) is 35.2. The Balaban J connectivity index is 0.000000293. The van der Waals surface area contributed by atoms with Crippen LogP contribution in [0.3, 0.4) is 0 Å². The predicted octanol–water partition coefficient (Wildman–Crippen LogP) is -3.90. The maximum Gasteiger partial charge on any atom is 2.00 e. The monoisotopic (exact) mass is 1050 g/mol. The second-order valence-electron chi connectivity index (χ2n) is 12.9. The van der Waals surface area contributed by atoms with E-state index in [0.717, 1.165) is 0 Å². The number of pyridine rings is 8. The van der Waals surface area contributed by atoms with Gasteiger partial charge in [-0.3, -0.25) is 19.9 Å². The van der Waals surface area contributed by atoms with Gasteiger partial charge in [-0.1, -0.05) is 48.5 Å². The van der Waals surface area contributed by atoms with Crippen molar-refractivity contribution in [3.05, 3.63) is 193 Å². The Labute approximate surface area is 413 Å². The number of hydrogen-bond acceptors (Lipinski definition) is 20. The number of nitrogens with zero attached hydrogens (tertiary/aromatic N) is 8. The number of methoxy groups -OCH3 is 2. The summed E-state index contributed by atoms with van der Waals surface area (Å²) < 4.78 is 78.7. The van der Waals surface area contributed by atoms with Gasteiger partial charge in [-0.15, -0.1) is 20.5 Å². The first-order valence-electron chi connectivity index (χ1n) is 18.7. The molecule has 352 valence electrons. The van der Waals surface area contributed by atoms with Gasteiger partial charge in [0.1, 0.15) is 0 Å². The van der Waals surface area contributed by atoms with Crippen LogP contribution in [0.1, 0.15) is 22.8 Å². The maximum absolute atomic E-state index is 13.7. The van der Waals surface area contributed by atoms with Crippen LogP contribution in [-0.4, -0.2) is 54.1 Å². The first kappa shape index (κ1) is 56.7. The minimum Gasteiger partial charge on any atom is -0.819 e. The van der Waals surface area contributed by atoms with E-state index in [1.54, 1.807) is 97.6 Å². The van der Waals surface area contributed by atoms with E-state index in [1.165, 1.54) is 14.2 Å². The molecule has 0 saturated carbocycles. The fraction of sp³-hybridized carbons (Fsp3) is 0.0909. The molecule has 0 amide bonds. The first-order chi connectivity index (χ1) is 31.4. The van der Waals surface area contributed by atoms with Crippen LogP contribution >= 0.6 is 0 Å². The summed E-state index contributed by atoms with van der Waals surface area (Å²) in [7, 11) is -7.17. The van der Waals surface area contributed by atoms with E-state index in [9.17, 15) is 10.2 Å². The Morgan fingerprint density at radius 3 is 0.676 bits per heavy atom. The van der Waals surface area contributed by atoms with Crippen LogP contribution < -0.4 is 47.5 Å². The second-order valence-corrected chi connectivity index (χ2v) is 14.4. The third kappa shape index (κ3) is 16.8. The Morgan fingerprint density at radius 1 is 0.324 bits per heavy atom. The maximum atomic E-state index is 13.7. The molecule has 0 radical (unpaired) electrons. The molecule has 0 spiro atoms.